The summed E-state index contributed by atoms with van der Waals surface area (Å²) in [5, 5.41) is 0. The van der Waals surface area contributed by atoms with Gasteiger partial charge in [0.05, 0.1) is 6.67 Å². The van der Waals surface area contributed by atoms with E-state index >= 15 is 0 Å². The molecule has 1 aliphatic heterocycles. The average molecular weight is 359 g/mol. The minimum Gasteiger partial charge on any atom is -0.278 e. The van der Waals surface area contributed by atoms with Crippen LogP contribution in [0, 0.1) is 5.82 Å². The van der Waals surface area contributed by atoms with E-state index in [9.17, 15) is 18.8 Å². The largest absolute Gasteiger partial charge is 0.335 e. The lowest BCUT2D eigenvalue weighted by molar-refractivity contribution is -0.144. The van der Waals surface area contributed by atoms with Crippen molar-refractivity contribution in [3.05, 3.63) is 35.6 Å². The topological polar surface area (TPSA) is 60.9 Å². The van der Waals surface area contributed by atoms with Crippen LogP contribution in [0.25, 0.3) is 0 Å². The van der Waals surface area contributed by atoms with E-state index < -0.39 is 17.8 Å². The molecule has 0 aromatic heterocycles. The molecule has 1 saturated heterocycles. The number of hydrogen-bond acceptors (Lipinski definition) is 4. The Hall–Kier alpha value is -2.28. The molecule has 0 unspecified atom stereocenters. The Balaban J connectivity index is 1.48. The SMILES string of the molecule is O=C1C(=O)N(C2CCCC2)C(=O)N1CN(Cc1ccc(F)cc1)C1CC1. The molecule has 0 spiro atoms. The third-order valence-electron chi connectivity index (χ3n) is 5.46. The van der Waals surface area contributed by atoms with Crippen LogP contribution in [0.4, 0.5) is 9.18 Å². The lowest BCUT2D eigenvalue weighted by Crippen LogP contribution is -2.44. The van der Waals surface area contributed by atoms with Crippen molar-refractivity contribution in [1.82, 2.24) is 14.7 Å². The van der Waals surface area contributed by atoms with Crippen molar-refractivity contribution in [2.45, 2.75) is 57.2 Å². The van der Waals surface area contributed by atoms with Gasteiger partial charge in [-0.05, 0) is 43.4 Å². The quantitative estimate of drug-likeness (QED) is 0.578. The van der Waals surface area contributed by atoms with E-state index in [2.05, 4.69) is 0 Å². The van der Waals surface area contributed by atoms with E-state index in [-0.39, 0.29) is 24.6 Å². The molecule has 3 aliphatic rings. The third kappa shape index (κ3) is 3.23. The number of carbonyl (C=O) groups excluding carboxylic acids is 3. The molecule has 1 heterocycles. The molecule has 2 saturated carbocycles. The Morgan fingerprint density at radius 1 is 0.962 bits per heavy atom. The second kappa shape index (κ2) is 6.79. The van der Waals surface area contributed by atoms with E-state index in [0.29, 0.717) is 6.54 Å². The van der Waals surface area contributed by atoms with Gasteiger partial charge in [0.15, 0.2) is 0 Å². The molecule has 26 heavy (non-hydrogen) atoms. The van der Waals surface area contributed by atoms with E-state index in [0.717, 1.165) is 53.9 Å². The maximum Gasteiger partial charge on any atom is 0.335 e. The van der Waals surface area contributed by atoms with Gasteiger partial charge in [-0.2, -0.15) is 0 Å². The molecule has 7 heteroatoms. The minimum absolute atomic E-state index is 0.106. The number of imide groups is 2. The fraction of sp³-hybridized carbons (Fsp3) is 0.526. The van der Waals surface area contributed by atoms with Crippen LogP contribution in [0.5, 0.6) is 0 Å². The summed E-state index contributed by atoms with van der Waals surface area (Å²) in [5.41, 5.74) is 0.913. The first-order valence-corrected chi connectivity index (χ1v) is 9.22. The molecule has 1 aromatic carbocycles. The highest BCUT2D eigenvalue weighted by Crippen LogP contribution is 2.31. The summed E-state index contributed by atoms with van der Waals surface area (Å²) in [6, 6.07) is 5.86. The molecule has 4 rings (SSSR count). The predicted molar refractivity (Wildman–Crippen MR) is 91.2 cm³/mol. The number of urea groups is 1. The Labute approximate surface area is 151 Å². The Bertz CT molecular complexity index is 726. The van der Waals surface area contributed by atoms with Crippen LogP contribution in [-0.2, 0) is 16.1 Å². The van der Waals surface area contributed by atoms with Crippen LogP contribution in [0.1, 0.15) is 44.1 Å². The lowest BCUT2D eigenvalue weighted by Gasteiger charge is -2.27. The summed E-state index contributed by atoms with van der Waals surface area (Å²) in [7, 11) is 0. The van der Waals surface area contributed by atoms with Gasteiger partial charge in [0, 0.05) is 18.6 Å². The summed E-state index contributed by atoms with van der Waals surface area (Å²) in [4.78, 5) is 41.7. The van der Waals surface area contributed by atoms with Crippen molar-refractivity contribution in [1.29, 1.82) is 0 Å². The minimum atomic E-state index is -0.730. The molecule has 2 aliphatic carbocycles. The van der Waals surface area contributed by atoms with Crippen LogP contribution in [0.15, 0.2) is 24.3 Å². The number of nitrogens with zero attached hydrogens (tertiary/aromatic N) is 3. The Morgan fingerprint density at radius 3 is 2.23 bits per heavy atom. The van der Waals surface area contributed by atoms with E-state index in [4.69, 9.17) is 0 Å². The first-order valence-electron chi connectivity index (χ1n) is 9.22. The molecular formula is C19H22FN3O3. The predicted octanol–water partition coefficient (Wildman–Crippen LogP) is 2.48. The molecule has 0 radical (unpaired) electrons. The smallest absolute Gasteiger partial charge is 0.278 e. The molecule has 3 fully saturated rings. The molecule has 0 atom stereocenters. The third-order valence-corrected chi connectivity index (χ3v) is 5.46. The van der Waals surface area contributed by atoms with E-state index in [1.807, 2.05) is 4.90 Å². The molecule has 4 amide bonds. The zero-order valence-electron chi connectivity index (χ0n) is 14.6. The van der Waals surface area contributed by atoms with Crippen LogP contribution in [-0.4, -0.2) is 51.3 Å². The summed E-state index contributed by atoms with van der Waals surface area (Å²) in [5.74, 6) is -1.72. The Morgan fingerprint density at radius 2 is 1.62 bits per heavy atom. The normalized spacial score (nSPS) is 21.5. The van der Waals surface area contributed by atoms with E-state index in [1.165, 1.54) is 12.1 Å². The maximum atomic E-state index is 13.1. The highest BCUT2D eigenvalue weighted by atomic mass is 19.1. The molecular weight excluding hydrogens is 337 g/mol. The molecule has 0 bridgehead atoms. The summed E-state index contributed by atoms with van der Waals surface area (Å²) in [6.45, 7) is 0.619. The number of halogens is 1. The summed E-state index contributed by atoms with van der Waals surface area (Å²) in [6.07, 6.45) is 5.51. The number of carbonyl (C=O) groups is 3. The summed E-state index contributed by atoms with van der Waals surface area (Å²) >= 11 is 0. The maximum absolute atomic E-state index is 13.1. The van der Waals surface area contributed by atoms with Gasteiger partial charge >= 0.3 is 17.8 Å². The number of benzene rings is 1. The number of amides is 4. The van der Waals surface area contributed by atoms with Gasteiger partial charge in [0.25, 0.3) is 0 Å². The first kappa shape index (κ1) is 17.1. The monoisotopic (exact) mass is 359 g/mol. The van der Waals surface area contributed by atoms with Crippen molar-refractivity contribution >= 4 is 17.8 Å². The fourth-order valence-electron chi connectivity index (χ4n) is 3.87. The van der Waals surface area contributed by atoms with Gasteiger partial charge in [-0.3, -0.25) is 19.4 Å². The molecule has 6 nitrogen and oxygen atoms in total. The molecule has 138 valence electrons. The molecule has 1 aromatic rings. The van der Waals surface area contributed by atoms with Gasteiger partial charge < -0.3 is 0 Å². The molecule has 0 N–H and O–H groups in total. The van der Waals surface area contributed by atoms with Crippen LogP contribution < -0.4 is 0 Å². The fourth-order valence-corrected chi connectivity index (χ4v) is 3.87. The van der Waals surface area contributed by atoms with Gasteiger partial charge in [-0.25, -0.2) is 14.1 Å². The second-order valence-corrected chi connectivity index (χ2v) is 7.38. The van der Waals surface area contributed by atoms with Crippen molar-refractivity contribution in [3.8, 4) is 0 Å². The zero-order valence-corrected chi connectivity index (χ0v) is 14.6. The standard InChI is InChI=1S/C19H22FN3O3/c20-14-7-5-13(6-8-14)11-21(15-9-10-15)12-22-17(24)18(25)23(19(22)26)16-3-1-2-4-16/h5-8,15-16H,1-4,9-12H2. The number of hydrogen-bond donors (Lipinski definition) is 0. The summed E-state index contributed by atoms with van der Waals surface area (Å²) < 4.78 is 13.1. The highest BCUT2D eigenvalue weighted by Gasteiger charge is 2.49. The Kier molecular flexibility index (Phi) is 4.48. The van der Waals surface area contributed by atoms with Gasteiger partial charge in [-0.15, -0.1) is 0 Å². The van der Waals surface area contributed by atoms with Crippen molar-refractivity contribution in [3.63, 3.8) is 0 Å². The second-order valence-electron chi connectivity index (χ2n) is 7.38. The number of rotatable bonds is 6. The van der Waals surface area contributed by atoms with Crippen molar-refractivity contribution in [2.75, 3.05) is 6.67 Å². The van der Waals surface area contributed by atoms with Gasteiger partial charge in [0.1, 0.15) is 5.82 Å². The zero-order chi connectivity index (χ0) is 18.3. The van der Waals surface area contributed by atoms with Crippen LogP contribution in [0.3, 0.4) is 0 Å². The first-order chi connectivity index (χ1) is 12.5. The average Bonchev–Trinajstić information content (AvgIpc) is 3.30. The lowest BCUT2D eigenvalue weighted by atomic mass is 10.2. The van der Waals surface area contributed by atoms with Crippen LogP contribution >= 0.6 is 0 Å². The van der Waals surface area contributed by atoms with E-state index in [1.54, 1.807) is 12.1 Å². The van der Waals surface area contributed by atoms with Gasteiger partial charge in [-0.1, -0.05) is 25.0 Å². The van der Waals surface area contributed by atoms with Crippen LogP contribution in [0.2, 0.25) is 0 Å². The van der Waals surface area contributed by atoms with Crippen molar-refractivity contribution < 1.29 is 18.8 Å². The van der Waals surface area contributed by atoms with Crippen molar-refractivity contribution in [2.24, 2.45) is 0 Å². The highest BCUT2D eigenvalue weighted by molar-refractivity contribution is 6.44. The van der Waals surface area contributed by atoms with Gasteiger partial charge in [0.2, 0.25) is 0 Å².